The number of aliphatic hydroxyl groups is 1. The number of fused-ring (bicyclic) bond motifs is 1. The molecule has 3 atom stereocenters. The molecule has 20 heavy (non-hydrogen) atoms. The molecule has 0 amide bonds. The van der Waals surface area contributed by atoms with E-state index >= 15 is 0 Å². The van der Waals surface area contributed by atoms with Gasteiger partial charge in [-0.1, -0.05) is 6.42 Å². The third kappa shape index (κ3) is 2.39. The van der Waals surface area contributed by atoms with Crippen LogP contribution in [-0.2, 0) is 14.3 Å². The van der Waals surface area contributed by atoms with Gasteiger partial charge in [0.1, 0.15) is 11.4 Å². The first kappa shape index (κ1) is 15.5. The number of hydrogen-bond donors (Lipinski definition) is 1. The average Bonchev–Trinajstić information content (AvgIpc) is 2.29. The summed E-state index contributed by atoms with van der Waals surface area (Å²) >= 11 is 0. The lowest BCUT2D eigenvalue weighted by Gasteiger charge is -2.53. The van der Waals surface area contributed by atoms with Gasteiger partial charge in [-0.05, 0) is 53.4 Å². The zero-order valence-corrected chi connectivity index (χ0v) is 13.0. The van der Waals surface area contributed by atoms with Crippen LogP contribution in [0, 0.1) is 11.3 Å². The maximum absolute atomic E-state index is 12.4. The SMILES string of the molecule is CC(C)(C)OC(=O)[C@@H]1CCC[C@]2(C)C(=O)CCC[C@]12O. The monoisotopic (exact) mass is 282 g/mol. The molecule has 2 rings (SSSR count). The molecule has 2 aliphatic carbocycles. The summed E-state index contributed by atoms with van der Waals surface area (Å²) in [6, 6.07) is 0. The zero-order chi connectivity index (χ0) is 15.2. The number of ether oxygens (including phenoxy) is 1. The molecule has 2 fully saturated rings. The number of esters is 1. The van der Waals surface area contributed by atoms with Gasteiger partial charge in [0.15, 0.2) is 0 Å². The molecule has 114 valence electrons. The maximum Gasteiger partial charge on any atom is 0.312 e. The Morgan fingerprint density at radius 3 is 2.55 bits per heavy atom. The number of carbonyl (C=O) groups is 2. The number of ketones is 1. The molecule has 0 bridgehead atoms. The van der Waals surface area contributed by atoms with E-state index in [2.05, 4.69) is 0 Å². The average molecular weight is 282 g/mol. The Balaban J connectivity index is 2.30. The number of rotatable bonds is 1. The van der Waals surface area contributed by atoms with Crippen molar-refractivity contribution < 1.29 is 19.4 Å². The molecular formula is C16H26O4. The van der Waals surface area contributed by atoms with Crippen molar-refractivity contribution in [3.8, 4) is 0 Å². The van der Waals surface area contributed by atoms with Crippen LogP contribution >= 0.6 is 0 Å². The first-order valence-corrected chi connectivity index (χ1v) is 7.59. The second kappa shape index (κ2) is 4.83. The van der Waals surface area contributed by atoms with E-state index in [-0.39, 0.29) is 11.8 Å². The molecule has 0 aliphatic heterocycles. The summed E-state index contributed by atoms with van der Waals surface area (Å²) < 4.78 is 5.46. The van der Waals surface area contributed by atoms with Gasteiger partial charge in [-0.25, -0.2) is 0 Å². The predicted octanol–water partition coefficient (Wildman–Crippen LogP) is 2.62. The van der Waals surface area contributed by atoms with Gasteiger partial charge >= 0.3 is 5.97 Å². The highest BCUT2D eigenvalue weighted by Gasteiger charge is 2.61. The van der Waals surface area contributed by atoms with Crippen LogP contribution in [0.15, 0.2) is 0 Å². The van der Waals surface area contributed by atoms with Crippen molar-refractivity contribution in [2.45, 2.75) is 77.4 Å². The fourth-order valence-electron chi connectivity index (χ4n) is 3.81. The smallest absolute Gasteiger partial charge is 0.312 e. The van der Waals surface area contributed by atoms with Gasteiger partial charge in [0.05, 0.1) is 16.9 Å². The highest BCUT2D eigenvalue weighted by atomic mass is 16.6. The molecular weight excluding hydrogens is 256 g/mol. The highest BCUT2D eigenvalue weighted by Crippen LogP contribution is 2.54. The maximum atomic E-state index is 12.4. The minimum atomic E-state index is -1.23. The summed E-state index contributed by atoms with van der Waals surface area (Å²) in [5, 5.41) is 11.1. The topological polar surface area (TPSA) is 63.6 Å². The van der Waals surface area contributed by atoms with Crippen molar-refractivity contribution in [1.82, 2.24) is 0 Å². The molecule has 0 heterocycles. The Hall–Kier alpha value is -0.900. The van der Waals surface area contributed by atoms with Crippen LogP contribution < -0.4 is 0 Å². The van der Waals surface area contributed by atoms with Crippen molar-refractivity contribution in [2.24, 2.45) is 11.3 Å². The van der Waals surface area contributed by atoms with Gasteiger partial charge in [-0.15, -0.1) is 0 Å². The van der Waals surface area contributed by atoms with Crippen molar-refractivity contribution in [3.63, 3.8) is 0 Å². The van der Waals surface area contributed by atoms with Crippen molar-refractivity contribution >= 4 is 11.8 Å². The van der Waals surface area contributed by atoms with Gasteiger partial charge in [0.25, 0.3) is 0 Å². The van der Waals surface area contributed by atoms with E-state index in [1.807, 2.05) is 27.7 Å². The van der Waals surface area contributed by atoms with Crippen LogP contribution in [-0.4, -0.2) is 28.1 Å². The normalized spacial score (nSPS) is 38.2. The summed E-state index contributed by atoms with van der Waals surface area (Å²) in [5.41, 5.74) is -2.59. The molecule has 0 aromatic rings. The Morgan fingerprint density at radius 1 is 1.30 bits per heavy atom. The second-order valence-electron chi connectivity index (χ2n) is 7.51. The Bertz CT molecular complexity index is 423. The molecule has 4 nitrogen and oxygen atoms in total. The van der Waals surface area contributed by atoms with E-state index in [0.717, 1.165) is 6.42 Å². The first-order valence-electron chi connectivity index (χ1n) is 7.59. The molecule has 0 unspecified atom stereocenters. The van der Waals surface area contributed by atoms with Gasteiger partial charge in [-0.2, -0.15) is 0 Å². The van der Waals surface area contributed by atoms with Crippen molar-refractivity contribution in [3.05, 3.63) is 0 Å². The van der Waals surface area contributed by atoms with Crippen molar-refractivity contribution in [2.75, 3.05) is 0 Å². The fourth-order valence-corrected chi connectivity index (χ4v) is 3.81. The van der Waals surface area contributed by atoms with Gasteiger partial charge in [-0.3, -0.25) is 9.59 Å². The zero-order valence-electron chi connectivity index (χ0n) is 13.0. The largest absolute Gasteiger partial charge is 0.460 e. The molecule has 2 aliphatic rings. The molecule has 0 saturated heterocycles. The second-order valence-corrected chi connectivity index (χ2v) is 7.51. The standard InChI is InChI=1S/C16H26O4/c1-14(2,3)20-13(18)11-7-5-9-15(4)12(17)8-6-10-16(11,15)19/h11,19H,5-10H2,1-4H3/t11-,15+,16-/m0/s1. The number of hydrogen-bond acceptors (Lipinski definition) is 4. The van der Waals surface area contributed by atoms with E-state index in [0.29, 0.717) is 32.1 Å². The molecule has 4 heteroatoms. The van der Waals surface area contributed by atoms with E-state index < -0.39 is 22.5 Å². The Morgan fingerprint density at radius 2 is 1.95 bits per heavy atom. The molecule has 0 radical (unpaired) electrons. The number of carbonyl (C=O) groups excluding carboxylic acids is 2. The fraction of sp³-hybridized carbons (Fsp3) is 0.875. The lowest BCUT2D eigenvalue weighted by Crippen LogP contribution is -2.62. The molecule has 0 aromatic carbocycles. The summed E-state index contributed by atoms with van der Waals surface area (Å²) in [5.74, 6) is -0.843. The van der Waals surface area contributed by atoms with Crippen LogP contribution in [0.2, 0.25) is 0 Å². The van der Waals surface area contributed by atoms with Crippen LogP contribution in [0.4, 0.5) is 0 Å². The van der Waals surface area contributed by atoms with Crippen molar-refractivity contribution in [1.29, 1.82) is 0 Å². The lowest BCUT2D eigenvalue weighted by molar-refractivity contribution is -0.200. The minimum Gasteiger partial charge on any atom is -0.460 e. The quantitative estimate of drug-likeness (QED) is 0.751. The predicted molar refractivity (Wildman–Crippen MR) is 75.1 cm³/mol. The lowest BCUT2D eigenvalue weighted by atomic mass is 9.53. The van der Waals surface area contributed by atoms with E-state index in [4.69, 9.17) is 4.74 Å². The summed E-state index contributed by atoms with van der Waals surface area (Å²) in [6.45, 7) is 7.29. The minimum absolute atomic E-state index is 0.0968. The Kier molecular flexibility index (Phi) is 3.74. The first-order chi connectivity index (χ1) is 9.10. The molecule has 1 N–H and O–H groups in total. The summed E-state index contributed by atoms with van der Waals surface area (Å²) in [6.07, 6.45) is 3.74. The van der Waals surface area contributed by atoms with Crippen LogP contribution in [0.25, 0.3) is 0 Å². The summed E-state index contributed by atoms with van der Waals surface area (Å²) in [4.78, 5) is 24.7. The van der Waals surface area contributed by atoms with Gasteiger partial charge < -0.3 is 9.84 Å². The molecule has 2 saturated carbocycles. The third-order valence-electron chi connectivity index (χ3n) is 4.97. The van der Waals surface area contributed by atoms with E-state index in [9.17, 15) is 14.7 Å². The molecule has 0 spiro atoms. The van der Waals surface area contributed by atoms with E-state index in [1.165, 1.54) is 0 Å². The summed E-state index contributed by atoms with van der Waals surface area (Å²) in [7, 11) is 0. The van der Waals surface area contributed by atoms with Gasteiger partial charge in [0, 0.05) is 6.42 Å². The highest BCUT2D eigenvalue weighted by molar-refractivity contribution is 5.88. The van der Waals surface area contributed by atoms with Gasteiger partial charge in [0.2, 0.25) is 0 Å². The van der Waals surface area contributed by atoms with E-state index in [1.54, 1.807) is 0 Å². The molecule has 0 aromatic heterocycles. The third-order valence-corrected chi connectivity index (χ3v) is 4.97. The van der Waals surface area contributed by atoms with Crippen LogP contribution in [0.5, 0.6) is 0 Å². The number of Topliss-reactive ketones (excluding diaryl/α,β-unsaturated/α-hetero) is 1. The van der Waals surface area contributed by atoms with Crippen LogP contribution in [0.1, 0.15) is 66.2 Å². The Labute approximate surface area is 120 Å². The van der Waals surface area contributed by atoms with Crippen LogP contribution in [0.3, 0.4) is 0 Å².